The highest BCUT2D eigenvalue weighted by molar-refractivity contribution is 4.47. The van der Waals surface area contributed by atoms with E-state index in [0.29, 0.717) is 6.73 Å². The Hall–Kier alpha value is -0.120. The maximum atomic E-state index is 5.42. The molecular weight excluding hydrogens is 142 g/mol. The topological polar surface area (TPSA) is 21.7 Å². The number of hydrogen-bond acceptors (Lipinski definition) is 3. The van der Waals surface area contributed by atoms with Gasteiger partial charge in [-0.15, -0.1) is 0 Å². The molecule has 1 aliphatic heterocycles. The smallest absolute Gasteiger partial charge is 0.122 e. The molecule has 0 N–H and O–H groups in total. The van der Waals surface area contributed by atoms with E-state index in [4.69, 9.17) is 9.57 Å². The summed E-state index contributed by atoms with van der Waals surface area (Å²) >= 11 is 0. The maximum absolute atomic E-state index is 5.42. The zero-order valence-electron chi connectivity index (χ0n) is 7.38. The van der Waals surface area contributed by atoms with E-state index in [9.17, 15) is 0 Å². The van der Waals surface area contributed by atoms with Crippen LogP contribution in [-0.4, -0.2) is 31.6 Å². The van der Waals surface area contributed by atoms with Crippen LogP contribution in [0.1, 0.15) is 20.3 Å². The van der Waals surface area contributed by atoms with Gasteiger partial charge in [-0.3, -0.25) is 4.84 Å². The summed E-state index contributed by atoms with van der Waals surface area (Å²) in [5.41, 5.74) is 0. The highest BCUT2D eigenvalue weighted by Crippen LogP contribution is 2.03. The summed E-state index contributed by atoms with van der Waals surface area (Å²) in [6.45, 7) is 7.58. The molecule has 0 saturated carbocycles. The van der Waals surface area contributed by atoms with Crippen molar-refractivity contribution in [3.8, 4) is 0 Å². The molecular formula is C8H17NO2. The third-order valence-electron chi connectivity index (χ3n) is 1.69. The largest absolute Gasteiger partial charge is 0.362 e. The van der Waals surface area contributed by atoms with Crippen LogP contribution in [0.3, 0.4) is 0 Å². The third kappa shape index (κ3) is 3.70. The van der Waals surface area contributed by atoms with Crippen LogP contribution in [-0.2, 0) is 9.57 Å². The van der Waals surface area contributed by atoms with Gasteiger partial charge in [-0.2, -0.15) is 5.06 Å². The van der Waals surface area contributed by atoms with Crippen LogP contribution < -0.4 is 0 Å². The van der Waals surface area contributed by atoms with Gasteiger partial charge in [0.25, 0.3) is 0 Å². The van der Waals surface area contributed by atoms with E-state index in [1.54, 1.807) is 0 Å². The lowest BCUT2D eigenvalue weighted by Gasteiger charge is -2.13. The van der Waals surface area contributed by atoms with Crippen LogP contribution >= 0.6 is 0 Å². The molecule has 0 unspecified atom stereocenters. The Morgan fingerprint density at radius 1 is 1.55 bits per heavy atom. The maximum Gasteiger partial charge on any atom is 0.122 e. The molecule has 0 aromatic carbocycles. The van der Waals surface area contributed by atoms with Crippen LogP contribution in [0.5, 0.6) is 0 Å². The van der Waals surface area contributed by atoms with Crippen LogP contribution in [0.4, 0.5) is 0 Å². The molecule has 0 atom stereocenters. The van der Waals surface area contributed by atoms with Gasteiger partial charge in [0.15, 0.2) is 0 Å². The van der Waals surface area contributed by atoms with Crippen LogP contribution in [0.25, 0.3) is 0 Å². The van der Waals surface area contributed by atoms with Crippen molar-refractivity contribution in [2.24, 2.45) is 5.92 Å². The minimum atomic E-state index is 0.637. The zero-order valence-corrected chi connectivity index (χ0v) is 7.38. The first kappa shape index (κ1) is 8.97. The van der Waals surface area contributed by atoms with Gasteiger partial charge in [-0.25, -0.2) is 0 Å². The first-order valence-electron chi connectivity index (χ1n) is 4.24. The van der Waals surface area contributed by atoms with Crippen molar-refractivity contribution in [3.63, 3.8) is 0 Å². The number of nitrogens with zero attached hydrogens (tertiary/aromatic N) is 1. The molecule has 1 fully saturated rings. The van der Waals surface area contributed by atoms with Gasteiger partial charge in [0, 0.05) is 0 Å². The van der Waals surface area contributed by atoms with E-state index < -0.39 is 0 Å². The molecule has 0 aliphatic carbocycles. The standard InChI is InChI=1S/C8H17NO2/c1-8(2)3-5-11-9-4-6-10-7-9/h8H,3-7H2,1-2H3. The summed E-state index contributed by atoms with van der Waals surface area (Å²) in [6.07, 6.45) is 1.12. The second kappa shape index (κ2) is 4.70. The van der Waals surface area contributed by atoms with Crippen molar-refractivity contribution in [2.75, 3.05) is 26.5 Å². The average molecular weight is 159 g/mol. The van der Waals surface area contributed by atoms with Crippen LogP contribution in [0.2, 0.25) is 0 Å². The zero-order chi connectivity index (χ0) is 8.10. The number of rotatable bonds is 4. The van der Waals surface area contributed by atoms with E-state index in [2.05, 4.69) is 13.8 Å². The summed E-state index contributed by atoms with van der Waals surface area (Å²) in [6, 6.07) is 0. The number of hydrogen-bond donors (Lipinski definition) is 0. The summed E-state index contributed by atoms with van der Waals surface area (Å²) < 4.78 is 5.12. The first-order valence-corrected chi connectivity index (χ1v) is 4.24. The average Bonchev–Trinajstić information content (AvgIpc) is 2.39. The van der Waals surface area contributed by atoms with E-state index in [1.807, 2.05) is 5.06 Å². The summed E-state index contributed by atoms with van der Waals surface area (Å²) in [7, 11) is 0. The Labute approximate surface area is 68.2 Å². The highest BCUT2D eigenvalue weighted by Gasteiger charge is 2.11. The second-order valence-corrected chi connectivity index (χ2v) is 3.26. The Kier molecular flexibility index (Phi) is 3.83. The van der Waals surface area contributed by atoms with Gasteiger partial charge in [0.1, 0.15) is 6.73 Å². The molecule has 0 aromatic rings. The van der Waals surface area contributed by atoms with E-state index in [1.165, 1.54) is 0 Å². The second-order valence-electron chi connectivity index (χ2n) is 3.26. The molecule has 1 aliphatic rings. The monoisotopic (exact) mass is 159 g/mol. The van der Waals surface area contributed by atoms with E-state index >= 15 is 0 Å². The minimum absolute atomic E-state index is 0.637. The van der Waals surface area contributed by atoms with Gasteiger partial charge in [-0.05, 0) is 12.3 Å². The SMILES string of the molecule is CC(C)CCON1CCOC1. The molecule has 11 heavy (non-hydrogen) atoms. The third-order valence-corrected chi connectivity index (χ3v) is 1.69. The lowest BCUT2D eigenvalue weighted by atomic mass is 10.1. The number of ether oxygens (including phenoxy) is 1. The molecule has 1 heterocycles. The molecule has 1 rings (SSSR count). The molecule has 0 bridgehead atoms. The Bertz CT molecular complexity index is 100. The highest BCUT2D eigenvalue weighted by atomic mass is 16.7. The van der Waals surface area contributed by atoms with Gasteiger partial charge in [-0.1, -0.05) is 13.8 Å². The molecule has 0 radical (unpaired) electrons. The fourth-order valence-corrected chi connectivity index (χ4v) is 0.917. The molecule has 0 aromatic heterocycles. The van der Waals surface area contributed by atoms with Crippen LogP contribution in [0.15, 0.2) is 0 Å². The van der Waals surface area contributed by atoms with E-state index in [-0.39, 0.29) is 0 Å². The normalized spacial score (nSPS) is 19.9. The molecule has 0 spiro atoms. The van der Waals surface area contributed by atoms with Crippen molar-refractivity contribution in [1.29, 1.82) is 0 Å². The lowest BCUT2D eigenvalue weighted by Crippen LogP contribution is -2.21. The van der Waals surface area contributed by atoms with Gasteiger partial charge < -0.3 is 4.74 Å². The molecule has 0 amide bonds. The molecule has 3 nitrogen and oxygen atoms in total. The van der Waals surface area contributed by atoms with Gasteiger partial charge in [0.2, 0.25) is 0 Å². The molecule has 3 heteroatoms. The lowest BCUT2D eigenvalue weighted by molar-refractivity contribution is -0.164. The van der Waals surface area contributed by atoms with Crippen molar-refractivity contribution >= 4 is 0 Å². The number of hydroxylamine groups is 2. The fourth-order valence-electron chi connectivity index (χ4n) is 0.917. The van der Waals surface area contributed by atoms with Gasteiger partial charge in [0.05, 0.1) is 19.8 Å². The van der Waals surface area contributed by atoms with Gasteiger partial charge >= 0.3 is 0 Å². The molecule has 66 valence electrons. The summed E-state index contributed by atoms with van der Waals surface area (Å²) in [5, 5.41) is 1.88. The Balaban J connectivity index is 1.94. The predicted octanol–water partition coefficient (Wildman–Crippen LogP) is 1.25. The Morgan fingerprint density at radius 3 is 2.91 bits per heavy atom. The Morgan fingerprint density at radius 2 is 2.36 bits per heavy atom. The molecule has 1 saturated heterocycles. The van der Waals surface area contributed by atoms with Crippen molar-refractivity contribution in [3.05, 3.63) is 0 Å². The minimum Gasteiger partial charge on any atom is -0.362 e. The van der Waals surface area contributed by atoms with Crippen molar-refractivity contribution in [2.45, 2.75) is 20.3 Å². The first-order chi connectivity index (χ1) is 5.29. The quantitative estimate of drug-likeness (QED) is 0.616. The predicted molar refractivity (Wildman–Crippen MR) is 42.9 cm³/mol. The fraction of sp³-hybridized carbons (Fsp3) is 1.00. The summed E-state index contributed by atoms with van der Waals surface area (Å²) in [5.74, 6) is 0.721. The van der Waals surface area contributed by atoms with E-state index in [0.717, 1.165) is 32.1 Å². The van der Waals surface area contributed by atoms with Crippen molar-refractivity contribution < 1.29 is 9.57 Å². The van der Waals surface area contributed by atoms with Crippen LogP contribution in [0, 0.1) is 5.92 Å². The van der Waals surface area contributed by atoms with Crippen molar-refractivity contribution in [1.82, 2.24) is 5.06 Å². The summed E-state index contributed by atoms with van der Waals surface area (Å²) in [4.78, 5) is 5.42.